The summed E-state index contributed by atoms with van der Waals surface area (Å²) in [4.78, 5) is 8.39. The molecule has 80 valence electrons. The number of ether oxygens (including phenoxy) is 1. The zero-order chi connectivity index (χ0) is 10.8. The van der Waals surface area contributed by atoms with E-state index in [1.54, 1.807) is 7.11 Å². The van der Waals surface area contributed by atoms with Crippen LogP contribution >= 0.6 is 0 Å². The van der Waals surface area contributed by atoms with Crippen molar-refractivity contribution >= 4 is 0 Å². The van der Waals surface area contributed by atoms with Crippen molar-refractivity contribution in [1.29, 1.82) is 0 Å². The fraction of sp³-hybridized carbons (Fsp3) is 0.636. The lowest BCUT2D eigenvalue weighted by molar-refractivity contribution is 0.184. The molecule has 14 heavy (non-hydrogen) atoms. The van der Waals surface area contributed by atoms with E-state index < -0.39 is 0 Å². The second kappa shape index (κ2) is 8.63. The Morgan fingerprint density at radius 2 is 1.79 bits per heavy atom. The SMILES string of the molecule is CC.CCCc1ncc(COC)cn1. The van der Waals surface area contributed by atoms with Crippen LogP contribution in [0, 0.1) is 0 Å². The third kappa shape index (κ3) is 4.92. The van der Waals surface area contributed by atoms with Crippen molar-refractivity contribution in [2.24, 2.45) is 0 Å². The lowest BCUT2D eigenvalue weighted by Gasteiger charge is -1.99. The van der Waals surface area contributed by atoms with Gasteiger partial charge in [-0.25, -0.2) is 9.97 Å². The number of aryl methyl sites for hydroxylation is 1. The second-order valence-corrected chi connectivity index (χ2v) is 2.69. The highest BCUT2D eigenvalue weighted by Gasteiger charge is 1.95. The zero-order valence-corrected chi connectivity index (χ0v) is 9.58. The molecule has 1 aromatic rings. The van der Waals surface area contributed by atoms with Crippen LogP contribution in [0.3, 0.4) is 0 Å². The summed E-state index contributed by atoms with van der Waals surface area (Å²) in [6.45, 7) is 6.71. The van der Waals surface area contributed by atoms with Gasteiger partial charge in [-0.3, -0.25) is 0 Å². The van der Waals surface area contributed by atoms with Crippen molar-refractivity contribution in [2.45, 2.75) is 40.2 Å². The molecule has 0 atom stereocenters. The van der Waals surface area contributed by atoms with Gasteiger partial charge in [-0.2, -0.15) is 0 Å². The summed E-state index contributed by atoms with van der Waals surface area (Å²) in [7, 11) is 1.67. The van der Waals surface area contributed by atoms with E-state index in [2.05, 4.69) is 16.9 Å². The first kappa shape index (κ1) is 13.0. The molecular weight excluding hydrogens is 176 g/mol. The molecule has 1 rings (SSSR count). The monoisotopic (exact) mass is 196 g/mol. The van der Waals surface area contributed by atoms with Crippen LogP contribution in [0.25, 0.3) is 0 Å². The summed E-state index contributed by atoms with van der Waals surface area (Å²) < 4.78 is 4.95. The van der Waals surface area contributed by atoms with Crippen molar-refractivity contribution in [1.82, 2.24) is 9.97 Å². The maximum atomic E-state index is 4.95. The van der Waals surface area contributed by atoms with E-state index >= 15 is 0 Å². The fourth-order valence-corrected chi connectivity index (χ4v) is 0.975. The number of methoxy groups -OCH3 is 1. The van der Waals surface area contributed by atoms with E-state index in [9.17, 15) is 0 Å². The molecule has 0 unspecified atom stereocenters. The molecule has 0 aromatic carbocycles. The minimum absolute atomic E-state index is 0.590. The topological polar surface area (TPSA) is 35.0 Å². The highest BCUT2D eigenvalue weighted by molar-refractivity contribution is 5.03. The van der Waals surface area contributed by atoms with Gasteiger partial charge in [-0.15, -0.1) is 0 Å². The summed E-state index contributed by atoms with van der Waals surface area (Å²) in [5, 5.41) is 0. The van der Waals surface area contributed by atoms with E-state index in [0.29, 0.717) is 6.61 Å². The Morgan fingerprint density at radius 3 is 2.21 bits per heavy atom. The standard InChI is InChI=1S/C9H14N2O.C2H6/c1-3-4-9-10-5-8(6-11-9)7-12-2;1-2/h5-6H,3-4,7H2,1-2H3;1-2H3. The first-order valence-electron chi connectivity index (χ1n) is 5.15. The first-order chi connectivity index (χ1) is 6.86. The Balaban J connectivity index is 0.000000791. The highest BCUT2D eigenvalue weighted by atomic mass is 16.5. The summed E-state index contributed by atoms with van der Waals surface area (Å²) in [6, 6.07) is 0. The summed E-state index contributed by atoms with van der Waals surface area (Å²) in [5.41, 5.74) is 1.03. The third-order valence-corrected chi connectivity index (χ3v) is 1.54. The average molecular weight is 196 g/mol. The molecule has 1 aromatic heterocycles. The van der Waals surface area contributed by atoms with Crippen LogP contribution in [0.4, 0.5) is 0 Å². The molecule has 0 aliphatic heterocycles. The second-order valence-electron chi connectivity index (χ2n) is 2.69. The Morgan fingerprint density at radius 1 is 1.21 bits per heavy atom. The van der Waals surface area contributed by atoms with Crippen molar-refractivity contribution in [3.8, 4) is 0 Å². The van der Waals surface area contributed by atoms with Gasteiger partial charge in [0.15, 0.2) is 0 Å². The molecule has 0 fully saturated rings. The number of rotatable bonds is 4. The smallest absolute Gasteiger partial charge is 0.128 e. The summed E-state index contributed by atoms with van der Waals surface area (Å²) in [5.74, 6) is 0.914. The molecule has 0 saturated carbocycles. The van der Waals surface area contributed by atoms with E-state index in [-0.39, 0.29) is 0 Å². The minimum atomic E-state index is 0.590. The van der Waals surface area contributed by atoms with Crippen LogP contribution in [-0.2, 0) is 17.8 Å². The van der Waals surface area contributed by atoms with Crippen molar-refractivity contribution in [3.05, 3.63) is 23.8 Å². The van der Waals surface area contributed by atoms with Crippen molar-refractivity contribution in [2.75, 3.05) is 7.11 Å². The van der Waals surface area contributed by atoms with Crippen molar-refractivity contribution < 1.29 is 4.74 Å². The van der Waals surface area contributed by atoms with E-state index in [0.717, 1.165) is 24.2 Å². The fourth-order valence-electron chi connectivity index (χ4n) is 0.975. The van der Waals surface area contributed by atoms with Crippen LogP contribution < -0.4 is 0 Å². The predicted octanol–water partition coefficient (Wildman–Crippen LogP) is 2.60. The number of nitrogens with zero attached hydrogens (tertiary/aromatic N) is 2. The van der Waals surface area contributed by atoms with Gasteiger partial charge in [0.2, 0.25) is 0 Å². The van der Waals surface area contributed by atoms with Gasteiger partial charge in [0.1, 0.15) is 5.82 Å². The molecule has 3 heteroatoms. The third-order valence-electron chi connectivity index (χ3n) is 1.54. The van der Waals surface area contributed by atoms with E-state index in [1.165, 1.54) is 0 Å². The number of hydrogen-bond donors (Lipinski definition) is 0. The van der Waals surface area contributed by atoms with E-state index in [1.807, 2.05) is 26.2 Å². The van der Waals surface area contributed by atoms with Crippen LogP contribution in [0.2, 0.25) is 0 Å². The van der Waals surface area contributed by atoms with Gasteiger partial charge >= 0.3 is 0 Å². The highest BCUT2D eigenvalue weighted by Crippen LogP contribution is 1.99. The molecule has 0 bridgehead atoms. The van der Waals surface area contributed by atoms with Gasteiger partial charge in [0.25, 0.3) is 0 Å². The number of hydrogen-bond acceptors (Lipinski definition) is 3. The normalized spacial score (nSPS) is 9.14. The largest absolute Gasteiger partial charge is 0.380 e. The van der Waals surface area contributed by atoms with Crippen LogP contribution in [0.1, 0.15) is 38.6 Å². The Bertz CT molecular complexity index is 196. The summed E-state index contributed by atoms with van der Waals surface area (Å²) >= 11 is 0. The van der Waals surface area contributed by atoms with Gasteiger partial charge in [-0.05, 0) is 6.42 Å². The Kier molecular flexibility index (Phi) is 8.04. The van der Waals surface area contributed by atoms with Crippen LogP contribution in [0.5, 0.6) is 0 Å². The van der Waals surface area contributed by atoms with Gasteiger partial charge in [0.05, 0.1) is 6.61 Å². The molecule has 0 aliphatic carbocycles. The lowest BCUT2D eigenvalue weighted by Crippen LogP contribution is -1.96. The lowest BCUT2D eigenvalue weighted by atomic mass is 10.3. The molecule has 0 aliphatic rings. The molecule has 1 heterocycles. The van der Waals surface area contributed by atoms with Crippen molar-refractivity contribution in [3.63, 3.8) is 0 Å². The zero-order valence-electron chi connectivity index (χ0n) is 9.58. The molecule has 0 amide bonds. The molecule has 3 nitrogen and oxygen atoms in total. The van der Waals surface area contributed by atoms with E-state index in [4.69, 9.17) is 4.74 Å². The van der Waals surface area contributed by atoms with Crippen LogP contribution in [-0.4, -0.2) is 17.1 Å². The first-order valence-corrected chi connectivity index (χ1v) is 5.15. The molecule has 0 saturated heterocycles. The predicted molar refractivity (Wildman–Crippen MR) is 58.1 cm³/mol. The molecular formula is C11H20N2O. The van der Waals surface area contributed by atoms with Gasteiger partial charge in [0, 0.05) is 31.5 Å². The summed E-state index contributed by atoms with van der Waals surface area (Å²) in [6.07, 6.45) is 5.68. The Hall–Kier alpha value is -0.960. The number of aromatic nitrogens is 2. The van der Waals surface area contributed by atoms with Gasteiger partial charge < -0.3 is 4.74 Å². The van der Waals surface area contributed by atoms with Crippen LogP contribution in [0.15, 0.2) is 12.4 Å². The van der Waals surface area contributed by atoms with Gasteiger partial charge in [-0.1, -0.05) is 20.8 Å². The minimum Gasteiger partial charge on any atom is -0.380 e. The Labute approximate surface area is 86.5 Å². The molecule has 0 radical (unpaired) electrons. The maximum absolute atomic E-state index is 4.95. The quantitative estimate of drug-likeness (QED) is 0.742. The maximum Gasteiger partial charge on any atom is 0.128 e. The molecule has 0 N–H and O–H groups in total. The molecule has 0 spiro atoms. The average Bonchev–Trinajstić information content (AvgIpc) is 2.25.